The lowest BCUT2D eigenvalue weighted by Crippen LogP contribution is -2.16. The van der Waals surface area contributed by atoms with Gasteiger partial charge in [0.25, 0.3) is 0 Å². The number of hydrogen-bond donors (Lipinski definition) is 0. The van der Waals surface area contributed by atoms with Crippen molar-refractivity contribution in [2.75, 3.05) is 0 Å². The van der Waals surface area contributed by atoms with Gasteiger partial charge in [0.2, 0.25) is 0 Å². The highest BCUT2D eigenvalue weighted by molar-refractivity contribution is 4.98. The molecule has 0 aromatic carbocycles. The molecule has 3 unspecified atom stereocenters. The zero-order valence-corrected chi connectivity index (χ0v) is 8.72. The molecule has 1 aliphatic rings. The Bertz CT molecular complexity index is 146. The van der Waals surface area contributed by atoms with Gasteiger partial charge in [-0.2, -0.15) is 0 Å². The van der Waals surface area contributed by atoms with Crippen molar-refractivity contribution < 1.29 is 0 Å². The minimum absolute atomic E-state index is 0.817. The molecular weight excluding hydrogens is 144 g/mol. The van der Waals surface area contributed by atoms with Crippen molar-refractivity contribution in [1.29, 1.82) is 0 Å². The van der Waals surface area contributed by atoms with E-state index >= 15 is 0 Å². The summed E-state index contributed by atoms with van der Waals surface area (Å²) in [7, 11) is 0. The van der Waals surface area contributed by atoms with Gasteiger partial charge in [0.15, 0.2) is 0 Å². The van der Waals surface area contributed by atoms with E-state index in [4.69, 9.17) is 0 Å². The molecule has 0 saturated carbocycles. The average molecular weight is 166 g/mol. The lowest BCUT2D eigenvalue weighted by atomic mass is 9.78. The molecule has 0 heteroatoms. The monoisotopic (exact) mass is 166 g/mol. The molecule has 3 atom stereocenters. The van der Waals surface area contributed by atoms with Crippen LogP contribution in [0.1, 0.15) is 46.5 Å². The van der Waals surface area contributed by atoms with Crippen LogP contribution in [0.3, 0.4) is 0 Å². The maximum absolute atomic E-state index is 2.45. The van der Waals surface area contributed by atoms with Crippen molar-refractivity contribution in [1.82, 2.24) is 0 Å². The van der Waals surface area contributed by atoms with Gasteiger partial charge < -0.3 is 0 Å². The number of hydrogen-bond acceptors (Lipinski definition) is 0. The maximum Gasteiger partial charge on any atom is -0.0207 e. The van der Waals surface area contributed by atoms with E-state index in [9.17, 15) is 0 Å². The number of unbranched alkanes of at least 4 members (excludes halogenated alkanes) is 1. The first-order valence-electron chi connectivity index (χ1n) is 5.42. The summed E-state index contributed by atoms with van der Waals surface area (Å²) in [5.41, 5.74) is 0. The third-order valence-electron chi connectivity index (χ3n) is 3.05. The molecule has 0 nitrogen and oxygen atoms in total. The largest absolute Gasteiger partial charge is 0.0854 e. The molecule has 0 aromatic heterocycles. The molecule has 0 bridgehead atoms. The van der Waals surface area contributed by atoms with Crippen LogP contribution in [-0.4, -0.2) is 0 Å². The zero-order valence-electron chi connectivity index (χ0n) is 8.72. The number of allylic oxidation sites excluding steroid dienone is 2. The molecule has 0 amide bonds. The van der Waals surface area contributed by atoms with Gasteiger partial charge >= 0.3 is 0 Å². The standard InChI is InChI=1S/C12H22/c1-4-5-6-12-8-7-10(2)9-11(12)3/h7-8,10-12H,4-6,9H2,1-3H3. The van der Waals surface area contributed by atoms with Crippen molar-refractivity contribution in [3.05, 3.63) is 12.2 Å². The van der Waals surface area contributed by atoms with Gasteiger partial charge in [-0.1, -0.05) is 45.8 Å². The Morgan fingerprint density at radius 3 is 2.58 bits per heavy atom. The third-order valence-corrected chi connectivity index (χ3v) is 3.05. The van der Waals surface area contributed by atoms with Gasteiger partial charge in [-0.25, -0.2) is 0 Å². The summed E-state index contributed by atoms with van der Waals surface area (Å²) in [4.78, 5) is 0. The Morgan fingerprint density at radius 1 is 1.25 bits per heavy atom. The van der Waals surface area contributed by atoms with Crippen LogP contribution in [0.2, 0.25) is 0 Å². The van der Waals surface area contributed by atoms with Crippen molar-refractivity contribution in [2.24, 2.45) is 17.8 Å². The van der Waals surface area contributed by atoms with E-state index in [1.165, 1.54) is 25.7 Å². The fourth-order valence-electron chi connectivity index (χ4n) is 2.18. The third kappa shape index (κ3) is 2.66. The van der Waals surface area contributed by atoms with Gasteiger partial charge in [-0.05, 0) is 30.6 Å². The smallest absolute Gasteiger partial charge is 0.0207 e. The molecule has 12 heavy (non-hydrogen) atoms. The summed E-state index contributed by atoms with van der Waals surface area (Å²) in [6, 6.07) is 0. The van der Waals surface area contributed by atoms with E-state index in [-0.39, 0.29) is 0 Å². The minimum Gasteiger partial charge on any atom is -0.0854 e. The van der Waals surface area contributed by atoms with Crippen LogP contribution in [0.5, 0.6) is 0 Å². The summed E-state index contributed by atoms with van der Waals surface area (Å²) in [5, 5.41) is 0. The first-order valence-corrected chi connectivity index (χ1v) is 5.42. The number of rotatable bonds is 3. The highest BCUT2D eigenvalue weighted by Gasteiger charge is 2.19. The van der Waals surface area contributed by atoms with Crippen LogP contribution in [0.25, 0.3) is 0 Å². The zero-order chi connectivity index (χ0) is 8.97. The quantitative estimate of drug-likeness (QED) is 0.555. The molecular formula is C12H22. The lowest BCUT2D eigenvalue weighted by Gasteiger charge is -2.27. The van der Waals surface area contributed by atoms with Crippen molar-refractivity contribution in [2.45, 2.75) is 46.5 Å². The average Bonchev–Trinajstić information content (AvgIpc) is 2.03. The fraction of sp³-hybridized carbons (Fsp3) is 0.833. The van der Waals surface area contributed by atoms with Crippen LogP contribution in [-0.2, 0) is 0 Å². The van der Waals surface area contributed by atoms with Crippen molar-refractivity contribution >= 4 is 0 Å². The Kier molecular flexibility index (Phi) is 3.84. The summed E-state index contributed by atoms with van der Waals surface area (Å²) in [6.45, 7) is 7.00. The minimum atomic E-state index is 0.817. The second kappa shape index (κ2) is 4.69. The lowest BCUT2D eigenvalue weighted by molar-refractivity contribution is 0.323. The second-order valence-corrected chi connectivity index (χ2v) is 4.38. The maximum atomic E-state index is 2.45. The van der Waals surface area contributed by atoms with E-state index in [1.54, 1.807) is 0 Å². The summed E-state index contributed by atoms with van der Waals surface area (Å²) >= 11 is 0. The molecule has 1 aliphatic carbocycles. The predicted octanol–water partition coefficient (Wildman–Crippen LogP) is 4.02. The van der Waals surface area contributed by atoms with Gasteiger partial charge in [0.05, 0.1) is 0 Å². The van der Waals surface area contributed by atoms with Crippen LogP contribution >= 0.6 is 0 Å². The first-order chi connectivity index (χ1) is 5.74. The molecule has 0 aromatic rings. The molecule has 0 heterocycles. The molecule has 0 saturated heterocycles. The van der Waals surface area contributed by atoms with Crippen molar-refractivity contribution in [3.63, 3.8) is 0 Å². The molecule has 0 spiro atoms. The van der Waals surface area contributed by atoms with E-state index < -0.39 is 0 Å². The molecule has 0 N–H and O–H groups in total. The fourth-order valence-corrected chi connectivity index (χ4v) is 2.18. The van der Waals surface area contributed by atoms with E-state index in [1.807, 2.05) is 0 Å². The Hall–Kier alpha value is -0.260. The molecule has 0 radical (unpaired) electrons. The second-order valence-electron chi connectivity index (χ2n) is 4.38. The molecule has 0 aliphatic heterocycles. The topological polar surface area (TPSA) is 0 Å². The van der Waals surface area contributed by atoms with Crippen LogP contribution in [0.4, 0.5) is 0 Å². The molecule has 1 rings (SSSR count). The van der Waals surface area contributed by atoms with E-state index in [0.717, 1.165) is 17.8 Å². The van der Waals surface area contributed by atoms with Crippen LogP contribution < -0.4 is 0 Å². The van der Waals surface area contributed by atoms with E-state index in [0.29, 0.717) is 0 Å². The normalized spacial score (nSPS) is 35.4. The van der Waals surface area contributed by atoms with Gasteiger partial charge in [0.1, 0.15) is 0 Å². The predicted molar refractivity (Wildman–Crippen MR) is 55.1 cm³/mol. The van der Waals surface area contributed by atoms with Crippen LogP contribution in [0.15, 0.2) is 12.2 Å². The first kappa shape index (κ1) is 9.83. The Balaban J connectivity index is 2.37. The molecule has 70 valence electrons. The van der Waals surface area contributed by atoms with Gasteiger partial charge in [-0.15, -0.1) is 0 Å². The molecule has 0 fully saturated rings. The summed E-state index contributed by atoms with van der Waals surface area (Å²) < 4.78 is 0. The Labute approximate surface area is 77.1 Å². The Morgan fingerprint density at radius 2 is 2.00 bits per heavy atom. The van der Waals surface area contributed by atoms with E-state index in [2.05, 4.69) is 32.9 Å². The van der Waals surface area contributed by atoms with Crippen molar-refractivity contribution in [3.8, 4) is 0 Å². The van der Waals surface area contributed by atoms with Crippen LogP contribution in [0, 0.1) is 17.8 Å². The summed E-state index contributed by atoms with van der Waals surface area (Å²) in [5.74, 6) is 2.61. The van der Waals surface area contributed by atoms with Gasteiger partial charge in [0, 0.05) is 0 Å². The highest BCUT2D eigenvalue weighted by Crippen LogP contribution is 2.30. The highest BCUT2D eigenvalue weighted by atomic mass is 14.2. The SMILES string of the molecule is CCCCC1C=CC(C)CC1C. The van der Waals surface area contributed by atoms with Gasteiger partial charge in [-0.3, -0.25) is 0 Å². The summed E-state index contributed by atoms with van der Waals surface area (Å²) in [6.07, 6.45) is 10.4.